The summed E-state index contributed by atoms with van der Waals surface area (Å²) >= 11 is 0. The Bertz CT molecular complexity index is 330. The highest BCUT2D eigenvalue weighted by molar-refractivity contribution is 5.84. The van der Waals surface area contributed by atoms with Gasteiger partial charge >= 0.3 is 5.97 Å². The number of nitrogens with one attached hydrogen (secondary N) is 1. The van der Waals surface area contributed by atoms with Gasteiger partial charge in [-0.3, -0.25) is 9.59 Å². The molecule has 0 aliphatic carbocycles. The summed E-state index contributed by atoms with van der Waals surface area (Å²) in [7, 11) is 0. The predicted octanol–water partition coefficient (Wildman–Crippen LogP) is 1.95. The Hall–Kier alpha value is -1.10. The third-order valence-corrected chi connectivity index (χ3v) is 4.27. The van der Waals surface area contributed by atoms with E-state index in [-0.39, 0.29) is 17.9 Å². The van der Waals surface area contributed by atoms with Gasteiger partial charge in [0, 0.05) is 19.6 Å². The lowest BCUT2D eigenvalue weighted by atomic mass is 9.79. The molecule has 1 fully saturated rings. The lowest BCUT2D eigenvalue weighted by Gasteiger charge is -2.28. The molecule has 1 saturated heterocycles. The van der Waals surface area contributed by atoms with Crippen molar-refractivity contribution in [2.45, 2.75) is 58.5 Å². The van der Waals surface area contributed by atoms with Gasteiger partial charge in [0.05, 0.1) is 11.0 Å². The minimum absolute atomic E-state index is 0.0331. The molecule has 19 heavy (non-hydrogen) atoms. The highest BCUT2D eigenvalue weighted by atomic mass is 16.5. The van der Waals surface area contributed by atoms with Crippen molar-refractivity contribution in [2.24, 2.45) is 5.41 Å². The number of carbonyl (C=O) groups excluding carboxylic acids is 1. The van der Waals surface area contributed by atoms with Crippen LogP contribution in [0.1, 0.15) is 52.9 Å². The van der Waals surface area contributed by atoms with E-state index >= 15 is 0 Å². The molecule has 0 saturated carbocycles. The highest BCUT2D eigenvalue weighted by Gasteiger charge is 2.38. The van der Waals surface area contributed by atoms with Gasteiger partial charge < -0.3 is 15.2 Å². The van der Waals surface area contributed by atoms with Gasteiger partial charge in [-0.25, -0.2) is 0 Å². The van der Waals surface area contributed by atoms with Gasteiger partial charge in [0.25, 0.3) is 0 Å². The largest absolute Gasteiger partial charge is 0.481 e. The normalized spacial score (nSPS) is 23.3. The number of aliphatic carboxylic acids is 1. The monoisotopic (exact) mass is 271 g/mol. The molecule has 1 aliphatic rings. The lowest BCUT2D eigenvalue weighted by Crippen LogP contribution is -2.43. The fraction of sp³-hybridized carbons (Fsp3) is 0.857. The smallest absolute Gasteiger partial charge is 0.310 e. The first-order valence-corrected chi connectivity index (χ1v) is 7.01. The summed E-state index contributed by atoms with van der Waals surface area (Å²) in [6.07, 6.45) is 2.89. The predicted molar refractivity (Wildman–Crippen MR) is 71.9 cm³/mol. The molecule has 1 amide bonds. The number of hydrogen-bond donors (Lipinski definition) is 2. The third-order valence-electron chi connectivity index (χ3n) is 4.27. The van der Waals surface area contributed by atoms with Gasteiger partial charge in [0.15, 0.2) is 0 Å². The van der Waals surface area contributed by atoms with Gasteiger partial charge in [0.1, 0.15) is 0 Å². The summed E-state index contributed by atoms with van der Waals surface area (Å²) in [5.41, 5.74) is -1.23. The molecule has 1 atom stereocenters. The minimum Gasteiger partial charge on any atom is -0.481 e. The van der Waals surface area contributed by atoms with E-state index in [9.17, 15) is 14.7 Å². The van der Waals surface area contributed by atoms with Crippen molar-refractivity contribution < 1.29 is 19.4 Å². The molecule has 1 aliphatic heterocycles. The van der Waals surface area contributed by atoms with Gasteiger partial charge in [-0.15, -0.1) is 0 Å². The van der Waals surface area contributed by atoms with Crippen LogP contribution in [0.5, 0.6) is 0 Å². The number of carboxylic acid groups (broad SMARTS) is 1. The Kier molecular flexibility index (Phi) is 5.35. The van der Waals surface area contributed by atoms with Gasteiger partial charge in [-0.2, -0.15) is 0 Å². The molecule has 2 N–H and O–H groups in total. The van der Waals surface area contributed by atoms with Crippen LogP contribution in [0.15, 0.2) is 0 Å². The van der Waals surface area contributed by atoms with Crippen molar-refractivity contribution in [2.75, 3.05) is 13.2 Å². The lowest BCUT2D eigenvalue weighted by molar-refractivity contribution is -0.152. The van der Waals surface area contributed by atoms with Crippen molar-refractivity contribution in [1.29, 1.82) is 0 Å². The molecular weight excluding hydrogens is 246 g/mol. The zero-order valence-corrected chi connectivity index (χ0v) is 12.1. The van der Waals surface area contributed by atoms with Crippen LogP contribution >= 0.6 is 0 Å². The zero-order valence-electron chi connectivity index (χ0n) is 12.1. The van der Waals surface area contributed by atoms with Crippen LogP contribution in [0.4, 0.5) is 0 Å². The molecule has 5 nitrogen and oxygen atoms in total. The standard InChI is InChI=1S/C14H25NO4/c1-4-14(5-2,12(17)18)9-11(16)15-10-13(3)7-6-8-19-13/h4-10H2,1-3H3,(H,15,16)(H,17,18). The van der Waals surface area contributed by atoms with Crippen molar-refractivity contribution in [3.05, 3.63) is 0 Å². The first kappa shape index (κ1) is 16.0. The van der Waals surface area contributed by atoms with Crippen molar-refractivity contribution in [3.63, 3.8) is 0 Å². The maximum atomic E-state index is 11.9. The van der Waals surface area contributed by atoms with E-state index in [1.807, 2.05) is 20.8 Å². The van der Waals surface area contributed by atoms with E-state index < -0.39 is 11.4 Å². The minimum atomic E-state index is -0.943. The molecule has 0 aromatic rings. The Morgan fingerprint density at radius 1 is 1.37 bits per heavy atom. The summed E-state index contributed by atoms with van der Waals surface area (Å²) < 4.78 is 5.59. The van der Waals surface area contributed by atoms with E-state index in [4.69, 9.17) is 4.74 Å². The first-order valence-electron chi connectivity index (χ1n) is 7.01. The number of amides is 1. The molecule has 0 spiro atoms. The maximum Gasteiger partial charge on any atom is 0.310 e. The molecule has 0 aromatic carbocycles. The molecule has 1 heterocycles. The SMILES string of the molecule is CCC(CC)(CC(=O)NCC1(C)CCCO1)C(=O)O. The Morgan fingerprint density at radius 3 is 2.42 bits per heavy atom. The van der Waals surface area contributed by atoms with E-state index in [2.05, 4.69) is 5.32 Å². The molecule has 5 heteroatoms. The summed E-state index contributed by atoms with van der Waals surface area (Å²) in [6, 6.07) is 0. The van der Waals surface area contributed by atoms with E-state index in [1.165, 1.54) is 0 Å². The number of rotatable bonds is 7. The van der Waals surface area contributed by atoms with Crippen molar-refractivity contribution in [3.8, 4) is 0 Å². The number of carboxylic acids is 1. The molecular formula is C14H25NO4. The summed E-state index contributed by atoms with van der Waals surface area (Å²) in [6.45, 7) is 6.78. The van der Waals surface area contributed by atoms with Gasteiger partial charge in [-0.05, 0) is 32.6 Å². The summed E-state index contributed by atoms with van der Waals surface area (Å²) in [5, 5.41) is 12.1. The Morgan fingerprint density at radius 2 is 2.00 bits per heavy atom. The van der Waals surface area contributed by atoms with Gasteiger partial charge in [0.2, 0.25) is 5.91 Å². The molecule has 110 valence electrons. The molecule has 1 rings (SSSR count). The van der Waals surface area contributed by atoms with Crippen LogP contribution in [-0.4, -0.2) is 35.7 Å². The summed E-state index contributed by atoms with van der Waals surface area (Å²) in [4.78, 5) is 23.3. The Labute approximate surface area is 114 Å². The number of hydrogen-bond acceptors (Lipinski definition) is 3. The van der Waals surface area contributed by atoms with E-state index in [0.717, 1.165) is 19.4 Å². The van der Waals surface area contributed by atoms with Crippen molar-refractivity contribution >= 4 is 11.9 Å². The van der Waals surface area contributed by atoms with Crippen LogP contribution in [0.2, 0.25) is 0 Å². The number of ether oxygens (including phenoxy) is 1. The van der Waals surface area contributed by atoms with Crippen LogP contribution in [-0.2, 0) is 14.3 Å². The second kappa shape index (κ2) is 6.37. The third kappa shape index (κ3) is 3.93. The number of carbonyl (C=O) groups is 2. The van der Waals surface area contributed by atoms with E-state index in [1.54, 1.807) is 0 Å². The van der Waals surface area contributed by atoms with Crippen LogP contribution < -0.4 is 5.32 Å². The van der Waals surface area contributed by atoms with Crippen LogP contribution in [0.3, 0.4) is 0 Å². The average molecular weight is 271 g/mol. The second-order valence-electron chi connectivity index (χ2n) is 5.65. The first-order chi connectivity index (χ1) is 8.87. The highest BCUT2D eigenvalue weighted by Crippen LogP contribution is 2.31. The Balaban J connectivity index is 2.51. The van der Waals surface area contributed by atoms with Crippen molar-refractivity contribution in [1.82, 2.24) is 5.32 Å². The average Bonchev–Trinajstić information content (AvgIpc) is 2.81. The zero-order chi connectivity index (χ0) is 14.5. The van der Waals surface area contributed by atoms with Crippen LogP contribution in [0.25, 0.3) is 0 Å². The van der Waals surface area contributed by atoms with Crippen LogP contribution in [0, 0.1) is 5.41 Å². The molecule has 0 radical (unpaired) electrons. The maximum absolute atomic E-state index is 11.9. The molecule has 0 bridgehead atoms. The fourth-order valence-electron chi connectivity index (χ4n) is 2.51. The summed E-state index contributed by atoms with van der Waals surface area (Å²) in [5.74, 6) is -1.10. The molecule has 0 aromatic heterocycles. The quantitative estimate of drug-likeness (QED) is 0.742. The second-order valence-corrected chi connectivity index (χ2v) is 5.65. The fourth-order valence-corrected chi connectivity index (χ4v) is 2.51. The molecule has 1 unspecified atom stereocenters. The van der Waals surface area contributed by atoms with E-state index in [0.29, 0.717) is 19.4 Å². The van der Waals surface area contributed by atoms with Gasteiger partial charge in [-0.1, -0.05) is 13.8 Å². The topological polar surface area (TPSA) is 75.6 Å².